The highest BCUT2D eigenvalue weighted by Crippen LogP contribution is 2.31. The van der Waals surface area contributed by atoms with Crippen LogP contribution in [-0.4, -0.2) is 64.2 Å². The van der Waals surface area contributed by atoms with Crippen LogP contribution in [-0.2, 0) is 11.2 Å². The molecule has 0 aliphatic heterocycles. The molecule has 2 aromatic heterocycles. The molecule has 0 fully saturated rings. The van der Waals surface area contributed by atoms with Crippen molar-refractivity contribution in [2.45, 2.75) is 40.2 Å². The van der Waals surface area contributed by atoms with Gasteiger partial charge < -0.3 is 29.5 Å². The number of nitrogens with zero attached hydrogens (tertiary/aromatic N) is 3. The molecule has 0 spiro atoms. The van der Waals surface area contributed by atoms with E-state index < -0.39 is 18.6 Å². The van der Waals surface area contributed by atoms with Crippen LogP contribution in [0.3, 0.4) is 0 Å². The van der Waals surface area contributed by atoms with Gasteiger partial charge in [-0.3, -0.25) is 4.79 Å². The lowest BCUT2D eigenvalue weighted by molar-refractivity contribution is -0.124. The number of amides is 1. The van der Waals surface area contributed by atoms with Crippen LogP contribution in [0.25, 0.3) is 23.0 Å². The lowest BCUT2D eigenvalue weighted by atomic mass is 10.1. The number of rotatable bonds is 11. The number of pyridine rings is 1. The normalized spacial score (nSPS) is 12.0. The highest BCUT2D eigenvalue weighted by molar-refractivity contribution is 5.76. The van der Waals surface area contributed by atoms with Gasteiger partial charge in [-0.05, 0) is 49.4 Å². The number of carbonyl (C=O) groups excluding carboxylic acids is 1. The van der Waals surface area contributed by atoms with E-state index in [1.807, 2.05) is 32.0 Å². The maximum atomic E-state index is 11.1. The first-order chi connectivity index (χ1) is 16.7. The zero-order valence-electron chi connectivity index (χ0n) is 20.7. The summed E-state index contributed by atoms with van der Waals surface area (Å²) in [5.41, 5.74) is 3.85. The SMILES string of the molecule is COc1cc(CC(C)C)nc(-c2nc(-c3cc(C)c(OC[C@@H](O)CNC(=O)CO)c(C)c3)no2)c1. The van der Waals surface area contributed by atoms with Crippen LogP contribution in [0.4, 0.5) is 0 Å². The molecule has 188 valence electrons. The van der Waals surface area contributed by atoms with E-state index in [1.54, 1.807) is 13.2 Å². The molecule has 10 nitrogen and oxygen atoms in total. The molecule has 0 saturated carbocycles. The molecule has 0 aliphatic carbocycles. The zero-order valence-corrected chi connectivity index (χ0v) is 20.7. The Kier molecular flexibility index (Phi) is 8.78. The summed E-state index contributed by atoms with van der Waals surface area (Å²) in [5.74, 6) is 1.90. The third-order valence-corrected chi connectivity index (χ3v) is 5.17. The maximum absolute atomic E-state index is 11.1. The minimum absolute atomic E-state index is 0.0146. The zero-order chi connectivity index (χ0) is 25.5. The first kappa shape index (κ1) is 26.1. The molecular weight excluding hydrogens is 452 g/mol. The van der Waals surface area contributed by atoms with Crippen molar-refractivity contribution in [2.24, 2.45) is 5.92 Å². The quantitative estimate of drug-likeness (QED) is 0.374. The van der Waals surface area contributed by atoms with E-state index in [9.17, 15) is 9.90 Å². The monoisotopic (exact) mass is 484 g/mol. The number of ether oxygens (including phenoxy) is 2. The molecule has 3 N–H and O–H groups in total. The Balaban J connectivity index is 1.77. The summed E-state index contributed by atoms with van der Waals surface area (Å²) in [6.45, 7) is 7.36. The van der Waals surface area contributed by atoms with Crippen molar-refractivity contribution < 1.29 is 29.0 Å². The molecule has 1 amide bonds. The molecule has 0 radical (unpaired) electrons. The predicted octanol–water partition coefficient (Wildman–Crippen LogP) is 2.47. The lowest BCUT2D eigenvalue weighted by Gasteiger charge is -2.16. The summed E-state index contributed by atoms with van der Waals surface area (Å²) < 4.78 is 16.7. The summed E-state index contributed by atoms with van der Waals surface area (Å²) >= 11 is 0. The van der Waals surface area contributed by atoms with Gasteiger partial charge in [0.1, 0.15) is 36.5 Å². The van der Waals surface area contributed by atoms with E-state index in [2.05, 4.69) is 34.3 Å². The van der Waals surface area contributed by atoms with Gasteiger partial charge in [-0.15, -0.1) is 0 Å². The number of hydrogen-bond donors (Lipinski definition) is 3. The first-order valence-electron chi connectivity index (χ1n) is 11.4. The standard InChI is InChI=1S/C25H32N4O6/c1-14(2)6-18-9-20(33-5)10-21(27-18)25-28-24(29-35-25)17-7-15(3)23(16(4)8-17)34-13-19(31)11-26-22(32)12-30/h7-10,14,19,30-31H,6,11-13H2,1-5H3,(H,26,32)/t19-/m0/s1. The largest absolute Gasteiger partial charge is 0.497 e. The fourth-order valence-corrected chi connectivity index (χ4v) is 3.59. The van der Waals surface area contributed by atoms with Crippen molar-refractivity contribution in [1.82, 2.24) is 20.4 Å². The van der Waals surface area contributed by atoms with Crippen LogP contribution in [0.5, 0.6) is 11.5 Å². The molecule has 10 heteroatoms. The second-order valence-corrected chi connectivity index (χ2v) is 8.77. The molecular formula is C25H32N4O6. The van der Waals surface area contributed by atoms with Crippen molar-refractivity contribution >= 4 is 5.91 Å². The lowest BCUT2D eigenvalue weighted by Crippen LogP contribution is -2.36. The van der Waals surface area contributed by atoms with Crippen molar-refractivity contribution in [2.75, 3.05) is 26.9 Å². The molecule has 1 aromatic carbocycles. The number of benzene rings is 1. The molecule has 0 bridgehead atoms. The number of carbonyl (C=O) groups is 1. The van der Waals surface area contributed by atoms with Gasteiger partial charge in [0.15, 0.2) is 0 Å². The van der Waals surface area contributed by atoms with Crippen LogP contribution in [0.15, 0.2) is 28.8 Å². The average Bonchev–Trinajstić information content (AvgIpc) is 3.31. The first-order valence-corrected chi connectivity index (χ1v) is 11.4. The van der Waals surface area contributed by atoms with E-state index in [0.29, 0.717) is 34.8 Å². The van der Waals surface area contributed by atoms with Gasteiger partial charge in [-0.1, -0.05) is 19.0 Å². The number of aliphatic hydroxyl groups is 2. The molecule has 0 unspecified atom stereocenters. The van der Waals surface area contributed by atoms with Crippen molar-refractivity contribution in [3.8, 4) is 34.5 Å². The second kappa shape index (κ2) is 11.8. The van der Waals surface area contributed by atoms with Gasteiger partial charge in [0.25, 0.3) is 5.89 Å². The van der Waals surface area contributed by atoms with Crippen LogP contribution in [0, 0.1) is 19.8 Å². The summed E-state index contributed by atoms with van der Waals surface area (Å²) in [7, 11) is 1.61. The second-order valence-electron chi connectivity index (χ2n) is 8.77. The Bertz CT molecular complexity index is 1140. The number of aliphatic hydroxyl groups excluding tert-OH is 2. The van der Waals surface area contributed by atoms with E-state index in [1.165, 1.54) is 0 Å². The highest BCUT2D eigenvalue weighted by atomic mass is 16.5. The number of nitrogens with one attached hydrogen (secondary N) is 1. The van der Waals surface area contributed by atoms with Crippen molar-refractivity contribution in [3.05, 3.63) is 41.1 Å². The fourth-order valence-electron chi connectivity index (χ4n) is 3.59. The van der Waals surface area contributed by atoms with Crippen molar-refractivity contribution in [3.63, 3.8) is 0 Å². The Labute approximate surface area is 204 Å². The number of aryl methyl sites for hydroxylation is 2. The van der Waals surface area contributed by atoms with E-state index in [4.69, 9.17) is 19.1 Å². The smallest absolute Gasteiger partial charge is 0.276 e. The fraction of sp³-hybridized carbons (Fsp3) is 0.440. The predicted molar refractivity (Wildman–Crippen MR) is 129 cm³/mol. The van der Waals surface area contributed by atoms with Gasteiger partial charge in [-0.25, -0.2) is 4.98 Å². The Morgan fingerprint density at radius 3 is 2.49 bits per heavy atom. The molecule has 1 atom stereocenters. The van der Waals surface area contributed by atoms with E-state index in [-0.39, 0.29) is 13.2 Å². The topological polar surface area (TPSA) is 140 Å². The van der Waals surface area contributed by atoms with Gasteiger partial charge in [0, 0.05) is 29.9 Å². The Morgan fingerprint density at radius 2 is 1.86 bits per heavy atom. The average molecular weight is 485 g/mol. The molecule has 35 heavy (non-hydrogen) atoms. The van der Waals surface area contributed by atoms with Gasteiger partial charge in [-0.2, -0.15) is 4.98 Å². The van der Waals surface area contributed by atoms with Crippen LogP contribution < -0.4 is 14.8 Å². The highest BCUT2D eigenvalue weighted by Gasteiger charge is 2.17. The Morgan fingerprint density at radius 1 is 1.14 bits per heavy atom. The van der Waals surface area contributed by atoms with Crippen molar-refractivity contribution in [1.29, 1.82) is 0 Å². The molecule has 2 heterocycles. The number of methoxy groups -OCH3 is 1. The third-order valence-electron chi connectivity index (χ3n) is 5.17. The van der Waals surface area contributed by atoms with Gasteiger partial charge in [0.05, 0.1) is 7.11 Å². The summed E-state index contributed by atoms with van der Waals surface area (Å²) in [5, 5.41) is 25.3. The summed E-state index contributed by atoms with van der Waals surface area (Å²) in [4.78, 5) is 20.3. The van der Waals surface area contributed by atoms with Crippen LogP contribution in [0.2, 0.25) is 0 Å². The van der Waals surface area contributed by atoms with Gasteiger partial charge in [0.2, 0.25) is 11.7 Å². The number of hydrogen-bond acceptors (Lipinski definition) is 9. The number of aromatic nitrogens is 3. The van der Waals surface area contributed by atoms with Crippen LogP contribution in [0.1, 0.15) is 30.7 Å². The molecule has 0 saturated heterocycles. The summed E-state index contributed by atoms with van der Waals surface area (Å²) in [6, 6.07) is 7.42. The van der Waals surface area contributed by atoms with Gasteiger partial charge >= 0.3 is 0 Å². The summed E-state index contributed by atoms with van der Waals surface area (Å²) in [6.07, 6.45) is -0.118. The van der Waals surface area contributed by atoms with E-state index in [0.717, 1.165) is 28.8 Å². The Hall–Kier alpha value is -3.50. The third kappa shape index (κ3) is 7.00. The minimum Gasteiger partial charge on any atom is -0.497 e. The van der Waals surface area contributed by atoms with E-state index >= 15 is 0 Å². The van der Waals surface area contributed by atoms with Crippen LogP contribution >= 0.6 is 0 Å². The molecule has 0 aliphatic rings. The molecule has 3 aromatic rings. The molecule has 3 rings (SSSR count). The minimum atomic E-state index is -0.917. The maximum Gasteiger partial charge on any atom is 0.276 e.